The first kappa shape index (κ1) is 14.9. The summed E-state index contributed by atoms with van der Waals surface area (Å²) >= 11 is 1.80. The quantitative estimate of drug-likeness (QED) is 0.569. The molecule has 0 fully saturated rings. The van der Waals surface area contributed by atoms with Gasteiger partial charge in [-0.3, -0.25) is 0 Å². The van der Waals surface area contributed by atoms with Gasteiger partial charge in [-0.1, -0.05) is 58.0 Å². The van der Waals surface area contributed by atoms with Crippen LogP contribution in [0.15, 0.2) is 35.7 Å². The molecule has 0 nitrogen and oxygen atoms in total. The van der Waals surface area contributed by atoms with E-state index in [2.05, 4.69) is 41.8 Å². The summed E-state index contributed by atoms with van der Waals surface area (Å²) in [5.41, 5.74) is 1.33. The van der Waals surface area contributed by atoms with Gasteiger partial charge in [0.1, 0.15) is 0 Å². The maximum absolute atomic E-state index is 2.20. The summed E-state index contributed by atoms with van der Waals surface area (Å²) in [5.74, 6) is 0. The van der Waals surface area contributed by atoms with E-state index >= 15 is 0 Å². The Bertz CT molecular complexity index is 410. The van der Waals surface area contributed by atoms with Crippen molar-refractivity contribution in [1.29, 1.82) is 0 Å². The van der Waals surface area contributed by atoms with Gasteiger partial charge in [-0.05, 0) is 29.3 Å². The van der Waals surface area contributed by atoms with Crippen LogP contribution in [0, 0.1) is 0 Å². The smallest absolute Gasteiger partial charge is 0.0348 e. The van der Waals surface area contributed by atoms with Gasteiger partial charge in [0.15, 0.2) is 0 Å². The van der Waals surface area contributed by atoms with E-state index in [-0.39, 0.29) is 0 Å². The van der Waals surface area contributed by atoms with Crippen LogP contribution >= 0.6 is 11.3 Å². The summed E-state index contributed by atoms with van der Waals surface area (Å²) in [6.45, 7) is 10.0. The lowest BCUT2D eigenvalue weighted by Gasteiger charge is -1.89. The van der Waals surface area contributed by atoms with Crippen LogP contribution in [0.4, 0.5) is 0 Å². The molecule has 2 rings (SSSR count). The number of thiophene rings is 1. The molecule has 0 radical (unpaired) electrons. The molecule has 0 unspecified atom stereocenters. The number of fused-ring (bicyclic) bond motifs is 1. The molecule has 0 aliphatic rings. The van der Waals surface area contributed by atoms with Gasteiger partial charge in [0.2, 0.25) is 0 Å². The third kappa shape index (κ3) is 3.82. The van der Waals surface area contributed by atoms with E-state index in [9.17, 15) is 0 Å². The highest BCUT2D eigenvalue weighted by molar-refractivity contribution is 7.17. The largest absolute Gasteiger partial charge is 0.143 e. The first-order valence-corrected chi connectivity index (χ1v) is 6.88. The topological polar surface area (TPSA) is 0 Å². The fourth-order valence-electron chi connectivity index (χ4n) is 1.31. The van der Waals surface area contributed by atoms with Crippen molar-refractivity contribution in [2.24, 2.45) is 0 Å². The van der Waals surface area contributed by atoms with E-state index in [1.165, 1.54) is 15.6 Å². The van der Waals surface area contributed by atoms with Crippen molar-refractivity contribution in [3.05, 3.63) is 41.3 Å². The Labute approximate surface area is 104 Å². The first-order chi connectivity index (χ1) is 7.92. The molecule has 0 bridgehead atoms. The molecule has 1 heteroatoms. The third-order valence-electron chi connectivity index (χ3n) is 1.86. The fraction of sp³-hybridized carbons (Fsp3) is 0.333. The van der Waals surface area contributed by atoms with Gasteiger partial charge in [-0.25, -0.2) is 0 Å². The highest BCUT2D eigenvalue weighted by Gasteiger charge is 1.97. The number of rotatable bonds is 1. The zero-order valence-electron chi connectivity index (χ0n) is 10.9. The van der Waals surface area contributed by atoms with Crippen molar-refractivity contribution in [2.75, 3.05) is 0 Å². The average Bonchev–Trinajstić information content (AvgIpc) is 2.79. The minimum Gasteiger partial charge on any atom is -0.143 e. The highest BCUT2D eigenvalue weighted by atomic mass is 32.1. The van der Waals surface area contributed by atoms with Gasteiger partial charge in [-0.15, -0.1) is 11.3 Å². The molecule has 0 N–H and O–H groups in total. The normalized spacial score (nSPS) is 9.31. The van der Waals surface area contributed by atoms with Crippen LogP contribution in [0.1, 0.15) is 40.2 Å². The van der Waals surface area contributed by atoms with Crippen LogP contribution in [0.25, 0.3) is 16.2 Å². The maximum Gasteiger partial charge on any atom is 0.0348 e. The summed E-state index contributed by atoms with van der Waals surface area (Å²) in [7, 11) is 0. The van der Waals surface area contributed by atoms with Crippen LogP contribution in [0.3, 0.4) is 0 Å². The fourth-order valence-corrected chi connectivity index (χ4v) is 2.24. The highest BCUT2D eigenvalue weighted by Crippen LogP contribution is 2.26. The van der Waals surface area contributed by atoms with Crippen LogP contribution in [0.5, 0.6) is 0 Å². The van der Waals surface area contributed by atoms with Gasteiger partial charge in [0.25, 0.3) is 0 Å². The molecule has 0 amide bonds. The van der Waals surface area contributed by atoms with Crippen LogP contribution in [0.2, 0.25) is 0 Å². The van der Waals surface area contributed by atoms with E-state index < -0.39 is 0 Å². The number of hydrogen-bond acceptors (Lipinski definition) is 1. The molecule has 0 aliphatic heterocycles. The summed E-state index contributed by atoms with van der Waals surface area (Å²) < 4.78 is 1.37. The minimum absolute atomic E-state index is 1.33. The first-order valence-electron chi connectivity index (χ1n) is 6.01. The predicted molar refractivity (Wildman–Crippen MR) is 79.2 cm³/mol. The van der Waals surface area contributed by atoms with E-state index in [4.69, 9.17) is 0 Å². The zero-order valence-corrected chi connectivity index (χ0v) is 11.8. The number of benzene rings is 1. The van der Waals surface area contributed by atoms with E-state index in [1.807, 2.05) is 34.6 Å². The summed E-state index contributed by atoms with van der Waals surface area (Å²) in [5, 5.41) is 3.56. The van der Waals surface area contributed by atoms with E-state index in [1.54, 1.807) is 11.3 Å². The molecule has 2 aromatic rings. The van der Waals surface area contributed by atoms with Crippen molar-refractivity contribution >= 4 is 27.5 Å². The Morgan fingerprint density at radius 3 is 2.25 bits per heavy atom. The van der Waals surface area contributed by atoms with Gasteiger partial charge in [0.05, 0.1) is 0 Å². The molecule has 1 aromatic heterocycles. The molecular weight excluding hydrogens is 212 g/mol. The average molecular weight is 234 g/mol. The van der Waals surface area contributed by atoms with Gasteiger partial charge < -0.3 is 0 Å². The van der Waals surface area contributed by atoms with Crippen molar-refractivity contribution in [1.82, 2.24) is 0 Å². The van der Waals surface area contributed by atoms with Crippen LogP contribution in [-0.2, 0) is 0 Å². The number of allylic oxidation sites excluding steroid dienone is 1. The Morgan fingerprint density at radius 2 is 1.62 bits per heavy atom. The van der Waals surface area contributed by atoms with Crippen molar-refractivity contribution in [3.63, 3.8) is 0 Å². The lowest BCUT2D eigenvalue weighted by atomic mass is 10.2. The van der Waals surface area contributed by atoms with Crippen molar-refractivity contribution in [2.45, 2.75) is 34.6 Å². The lowest BCUT2D eigenvalue weighted by Crippen LogP contribution is -1.65. The zero-order chi connectivity index (χ0) is 12.4. The Kier molecular flexibility index (Phi) is 8.55. The molecule has 1 aromatic carbocycles. The molecule has 88 valence electrons. The summed E-state index contributed by atoms with van der Waals surface area (Å²) in [6, 6.07) is 8.49. The Morgan fingerprint density at radius 1 is 1.00 bits per heavy atom. The second-order valence-corrected chi connectivity index (χ2v) is 3.60. The molecule has 0 saturated carbocycles. The molecule has 0 saturated heterocycles. The van der Waals surface area contributed by atoms with Gasteiger partial charge >= 0.3 is 0 Å². The lowest BCUT2D eigenvalue weighted by molar-refractivity contribution is 1.50. The molecule has 0 atom stereocenters. The summed E-state index contributed by atoms with van der Waals surface area (Å²) in [4.78, 5) is 0. The molecular formula is C15H22S. The van der Waals surface area contributed by atoms with E-state index in [0.29, 0.717) is 0 Å². The Balaban J connectivity index is 0.000000509. The molecule has 1 heterocycles. The molecule has 16 heavy (non-hydrogen) atoms. The second kappa shape index (κ2) is 9.17. The van der Waals surface area contributed by atoms with Crippen molar-refractivity contribution in [3.8, 4) is 0 Å². The third-order valence-corrected chi connectivity index (χ3v) is 2.84. The van der Waals surface area contributed by atoms with Crippen LogP contribution in [-0.4, -0.2) is 0 Å². The number of hydrogen-bond donors (Lipinski definition) is 0. The van der Waals surface area contributed by atoms with E-state index in [0.717, 1.165) is 0 Å². The maximum atomic E-state index is 2.20. The van der Waals surface area contributed by atoms with Crippen LogP contribution < -0.4 is 0 Å². The molecule has 0 spiro atoms. The van der Waals surface area contributed by atoms with Gasteiger partial charge in [-0.2, -0.15) is 0 Å². The SMILES string of the molecule is C/C=C/c1csc2ccccc12.CC.CC. The summed E-state index contributed by atoms with van der Waals surface area (Å²) in [6.07, 6.45) is 4.23. The monoisotopic (exact) mass is 234 g/mol. The standard InChI is InChI=1S/C11H10S.2C2H6/c1-2-5-9-8-12-11-7-4-3-6-10(9)11;2*1-2/h2-8H,1H3;2*1-2H3/b5-2+;;. The Hall–Kier alpha value is -1.08. The molecule has 0 aliphatic carbocycles. The second-order valence-electron chi connectivity index (χ2n) is 2.69. The van der Waals surface area contributed by atoms with Crippen molar-refractivity contribution < 1.29 is 0 Å². The minimum atomic E-state index is 1.33. The van der Waals surface area contributed by atoms with Gasteiger partial charge in [0, 0.05) is 4.70 Å². The predicted octanol–water partition coefficient (Wildman–Crippen LogP) is 5.99.